The van der Waals surface area contributed by atoms with Gasteiger partial charge >= 0.3 is 0 Å². The van der Waals surface area contributed by atoms with Crippen LogP contribution in [0.3, 0.4) is 0 Å². The first kappa shape index (κ1) is 14.2. The summed E-state index contributed by atoms with van der Waals surface area (Å²) in [7, 11) is 0. The average Bonchev–Trinajstić information content (AvgIpc) is 3.11. The predicted molar refractivity (Wildman–Crippen MR) is 89.3 cm³/mol. The van der Waals surface area contributed by atoms with Gasteiger partial charge in [-0.25, -0.2) is 4.98 Å². The molecule has 2 aromatic rings. The van der Waals surface area contributed by atoms with E-state index in [1.54, 1.807) is 12.4 Å². The van der Waals surface area contributed by atoms with E-state index in [1.165, 1.54) is 0 Å². The zero-order valence-corrected chi connectivity index (χ0v) is 13.2. The Morgan fingerprint density at radius 2 is 2.13 bits per heavy atom. The number of pyridine rings is 2. The first-order valence-corrected chi connectivity index (χ1v) is 8.09. The number of carbonyl (C=O) groups is 1. The Kier molecular flexibility index (Phi) is 3.29. The van der Waals surface area contributed by atoms with Gasteiger partial charge in [-0.15, -0.1) is 0 Å². The molecule has 0 aliphatic carbocycles. The molecule has 0 aromatic carbocycles. The average molecular weight is 308 g/mol. The molecular formula is C18H20N4O. The largest absolute Gasteiger partial charge is 0.355 e. The molecule has 1 amide bonds. The molecule has 0 radical (unpaired) electrons. The lowest BCUT2D eigenvalue weighted by Crippen LogP contribution is -2.39. The van der Waals surface area contributed by atoms with Crippen LogP contribution in [0.1, 0.15) is 13.3 Å². The van der Waals surface area contributed by atoms with Gasteiger partial charge in [0, 0.05) is 32.0 Å². The molecule has 23 heavy (non-hydrogen) atoms. The van der Waals surface area contributed by atoms with Gasteiger partial charge in [0.05, 0.1) is 17.3 Å². The summed E-state index contributed by atoms with van der Waals surface area (Å²) < 4.78 is 0. The second-order valence-corrected chi connectivity index (χ2v) is 6.54. The summed E-state index contributed by atoms with van der Waals surface area (Å²) in [6.45, 7) is 4.59. The van der Waals surface area contributed by atoms with Crippen molar-refractivity contribution in [1.29, 1.82) is 0 Å². The van der Waals surface area contributed by atoms with E-state index in [1.807, 2.05) is 41.4 Å². The van der Waals surface area contributed by atoms with Crippen molar-refractivity contribution < 1.29 is 4.79 Å². The van der Waals surface area contributed by atoms with E-state index in [0.29, 0.717) is 5.92 Å². The third kappa shape index (κ3) is 2.19. The highest BCUT2D eigenvalue weighted by molar-refractivity contribution is 6.00. The van der Waals surface area contributed by atoms with Gasteiger partial charge in [-0.3, -0.25) is 9.78 Å². The minimum Gasteiger partial charge on any atom is -0.355 e. The van der Waals surface area contributed by atoms with Crippen LogP contribution in [0.4, 0.5) is 11.5 Å². The maximum absolute atomic E-state index is 13.2. The Labute approximate surface area is 136 Å². The lowest BCUT2D eigenvalue weighted by molar-refractivity contribution is -0.126. The van der Waals surface area contributed by atoms with Gasteiger partial charge in [0.2, 0.25) is 5.91 Å². The summed E-state index contributed by atoms with van der Waals surface area (Å²) >= 11 is 0. The number of hydrogen-bond donors (Lipinski definition) is 0. The summed E-state index contributed by atoms with van der Waals surface area (Å²) in [5.41, 5.74) is 0.603. The third-order valence-electron chi connectivity index (χ3n) is 5.29. The van der Waals surface area contributed by atoms with Crippen molar-refractivity contribution in [3.63, 3.8) is 0 Å². The van der Waals surface area contributed by atoms with E-state index >= 15 is 0 Å². The van der Waals surface area contributed by atoms with Crippen LogP contribution in [0.5, 0.6) is 0 Å². The monoisotopic (exact) mass is 308 g/mol. The molecule has 5 nitrogen and oxygen atoms in total. The number of nitrogens with zero attached hydrogens (tertiary/aromatic N) is 4. The molecule has 0 N–H and O–H groups in total. The number of hydrogen-bond acceptors (Lipinski definition) is 4. The van der Waals surface area contributed by atoms with Crippen LogP contribution in [0.25, 0.3) is 0 Å². The van der Waals surface area contributed by atoms with Crippen LogP contribution in [0, 0.1) is 11.3 Å². The molecule has 0 unspecified atom stereocenters. The lowest BCUT2D eigenvalue weighted by atomic mass is 9.78. The van der Waals surface area contributed by atoms with Crippen LogP contribution in [0.15, 0.2) is 48.9 Å². The number of aromatic nitrogens is 2. The van der Waals surface area contributed by atoms with Crippen LogP contribution in [0.2, 0.25) is 0 Å². The molecule has 1 spiro atoms. The Morgan fingerprint density at radius 1 is 1.22 bits per heavy atom. The van der Waals surface area contributed by atoms with E-state index in [2.05, 4.69) is 21.8 Å². The predicted octanol–water partition coefficient (Wildman–Crippen LogP) is 2.36. The van der Waals surface area contributed by atoms with Gasteiger partial charge in [-0.05, 0) is 36.6 Å². The Hall–Kier alpha value is -2.43. The molecule has 4 rings (SSSR count). The van der Waals surface area contributed by atoms with Crippen LogP contribution in [-0.2, 0) is 4.79 Å². The van der Waals surface area contributed by atoms with Crippen molar-refractivity contribution in [2.24, 2.45) is 11.3 Å². The maximum Gasteiger partial charge on any atom is 0.235 e. The molecule has 2 saturated heterocycles. The summed E-state index contributed by atoms with van der Waals surface area (Å²) in [6.07, 6.45) is 6.21. The SMILES string of the molecule is C[C@@H]1CN(c2ccccn2)C[C@]12CCN(c1cccnc1)C2=O. The fourth-order valence-electron chi connectivity index (χ4n) is 3.93. The van der Waals surface area contributed by atoms with Gasteiger partial charge in [0.25, 0.3) is 0 Å². The van der Waals surface area contributed by atoms with Gasteiger partial charge in [0.15, 0.2) is 0 Å². The van der Waals surface area contributed by atoms with Gasteiger partial charge < -0.3 is 9.80 Å². The molecule has 2 aliphatic heterocycles. The molecule has 2 aliphatic rings. The van der Waals surface area contributed by atoms with Crippen molar-refractivity contribution in [2.45, 2.75) is 13.3 Å². The summed E-state index contributed by atoms with van der Waals surface area (Å²) in [4.78, 5) is 25.9. The highest BCUT2D eigenvalue weighted by atomic mass is 16.2. The van der Waals surface area contributed by atoms with Crippen molar-refractivity contribution >= 4 is 17.4 Å². The Balaban J connectivity index is 1.61. The van der Waals surface area contributed by atoms with Crippen molar-refractivity contribution in [3.8, 4) is 0 Å². The topological polar surface area (TPSA) is 49.3 Å². The minimum absolute atomic E-state index is 0.233. The smallest absolute Gasteiger partial charge is 0.235 e. The van der Waals surface area contributed by atoms with E-state index in [9.17, 15) is 4.79 Å². The van der Waals surface area contributed by atoms with E-state index in [4.69, 9.17) is 0 Å². The number of amides is 1. The van der Waals surface area contributed by atoms with E-state index in [-0.39, 0.29) is 11.3 Å². The fraction of sp³-hybridized carbons (Fsp3) is 0.389. The van der Waals surface area contributed by atoms with Crippen LogP contribution in [-0.4, -0.2) is 35.5 Å². The second-order valence-electron chi connectivity index (χ2n) is 6.54. The van der Waals surface area contributed by atoms with Gasteiger partial charge in [0.1, 0.15) is 5.82 Å². The van der Waals surface area contributed by atoms with Crippen LogP contribution < -0.4 is 9.80 Å². The molecule has 2 fully saturated rings. The molecule has 5 heteroatoms. The minimum atomic E-state index is -0.298. The summed E-state index contributed by atoms with van der Waals surface area (Å²) in [5.74, 6) is 1.51. The normalized spacial score (nSPS) is 27.2. The number of rotatable bonds is 2. The Bertz CT molecular complexity index is 705. The number of anilines is 2. The third-order valence-corrected chi connectivity index (χ3v) is 5.29. The number of carbonyl (C=O) groups excluding carboxylic acids is 1. The van der Waals surface area contributed by atoms with Gasteiger partial charge in [-0.1, -0.05) is 13.0 Å². The zero-order valence-electron chi connectivity index (χ0n) is 13.2. The summed E-state index contributed by atoms with van der Waals surface area (Å²) in [6, 6.07) is 9.77. The Morgan fingerprint density at radius 3 is 2.87 bits per heavy atom. The fourth-order valence-corrected chi connectivity index (χ4v) is 3.93. The quantitative estimate of drug-likeness (QED) is 0.854. The molecule has 2 atom stereocenters. The molecule has 4 heterocycles. The molecule has 2 aromatic heterocycles. The van der Waals surface area contributed by atoms with Crippen molar-refractivity contribution in [2.75, 3.05) is 29.4 Å². The first-order valence-electron chi connectivity index (χ1n) is 8.09. The molecule has 118 valence electrons. The molecular weight excluding hydrogens is 288 g/mol. The van der Waals surface area contributed by atoms with Crippen molar-refractivity contribution in [3.05, 3.63) is 48.9 Å². The summed E-state index contributed by atoms with van der Waals surface area (Å²) in [5, 5.41) is 0. The lowest BCUT2D eigenvalue weighted by Gasteiger charge is -2.26. The standard InChI is InChI=1S/C18H20N4O/c1-14-12-21(16-6-2-3-9-20-16)13-18(14)7-10-22(17(18)23)15-5-4-8-19-11-15/h2-6,8-9,11,14H,7,10,12-13H2,1H3/t14-,18-/m1/s1. The van der Waals surface area contributed by atoms with Crippen molar-refractivity contribution in [1.82, 2.24) is 9.97 Å². The first-order chi connectivity index (χ1) is 11.2. The zero-order chi connectivity index (χ0) is 15.9. The van der Waals surface area contributed by atoms with E-state index < -0.39 is 0 Å². The molecule has 0 saturated carbocycles. The highest BCUT2D eigenvalue weighted by Gasteiger charge is 2.55. The molecule has 0 bridgehead atoms. The van der Waals surface area contributed by atoms with Gasteiger partial charge in [-0.2, -0.15) is 0 Å². The van der Waals surface area contributed by atoms with Crippen LogP contribution >= 0.6 is 0 Å². The van der Waals surface area contributed by atoms with E-state index in [0.717, 1.165) is 37.6 Å². The second kappa shape index (κ2) is 5.33. The highest BCUT2D eigenvalue weighted by Crippen LogP contribution is 2.46. The maximum atomic E-state index is 13.2.